The van der Waals surface area contributed by atoms with Crippen molar-refractivity contribution < 1.29 is 0 Å². The largest absolute Gasteiger partial charge is 0.353 e. The van der Waals surface area contributed by atoms with Gasteiger partial charge in [-0.05, 0) is 25.3 Å². The summed E-state index contributed by atoms with van der Waals surface area (Å²) in [5.41, 5.74) is 0. The van der Waals surface area contributed by atoms with E-state index in [9.17, 15) is 0 Å². The number of aromatic nitrogens is 2. The minimum atomic E-state index is 0.611. The van der Waals surface area contributed by atoms with Crippen LogP contribution in [0.15, 0.2) is 12.5 Å². The van der Waals surface area contributed by atoms with Crippen molar-refractivity contribution in [2.45, 2.75) is 18.9 Å². The van der Waals surface area contributed by atoms with E-state index in [0.29, 0.717) is 11.1 Å². The van der Waals surface area contributed by atoms with Crippen LogP contribution in [0.2, 0.25) is 5.02 Å². The summed E-state index contributed by atoms with van der Waals surface area (Å²) >= 11 is 6.11. The maximum atomic E-state index is 6.11. The van der Waals surface area contributed by atoms with Gasteiger partial charge in [0.1, 0.15) is 11.3 Å². The second-order valence-corrected chi connectivity index (χ2v) is 4.97. The first-order valence-corrected chi connectivity index (χ1v) is 6.16. The topological polar surface area (TPSA) is 41.1 Å². The molecule has 0 amide bonds. The zero-order valence-electron chi connectivity index (χ0n) is 9.06. The van der Waals surface area contributed by atoms with E-state index in [1.807, 2.05) is 0 Å². The van der Waals surface area contributed by atoms with E-state index in [0.717, 1.165) is 31.4 Å². The van der Waals surface area contributed by atoms with Crippen molar-refractivity contribution in [3.63, 3.8) is 0 Å². The molecule has 86 valence electrons. The fourth-order valence-electron chi connectivity index (χ4n) is 2.76. The van der Waals surface area contributed by atoms with Crippen LogP contribution in [0.3, 0.4) is 0 Å². The zero-order valence-corrected chi connectivity index (χ0v) is 9.82. The van der Waals surface area contributed by atoms with Crippen molar-refractivity contribution in [1.29, 1.82) is 0 Å². The molecule has 0 radical (unpaired) electrons. The molecule has 2 unspecified atom stereocenters. The molecule has 3 heterocycles. The number of nitrogens with zero attached hydrogens (tertiary/aromatic N) is 3. The van der Waals surface area contributed by atoms with Gasteiger partial charge in [0, 0.05) is 19.1 Å². The Labute approximate surface area is 100 Å². The Morgan fingerprint density at radius 2 is 2.38 bits per heavy atom. The molecule has 0 bridgehead atoms. The highest BCUT2D eigenvalue weighted by atomic mass is 35.5. The first kappa shape index (κ1) is 10.3. The van der Waals surface area contributed by atoms with Crippen LogP contribution in [0.5, 0.6) is 0 Å². The number of hydrogen-bond acceptors (Lipinski definition) is 4. The Morgan fingerprint density at radius 3 is 3.19 bits per heavy atom. The summed E-state index contributed by atoms with van der Waals surface area (Å²) in [6.45, 7) is 3.22. The number of fused-ring (bicyclic) bond motifs is 1. The van der Waals surface area contributed by atoms with Gasteiger partial charge >= 0.3 is 0 Å². The van der Waals surface area contributed by atoms with Gasteiger partial charge in [0.15, 0.2) is 5.82 Å². The number of anilines is 1. The van der Waals surface area contributed by atoms with Crippen LogP contribution in [0.25, 0.3) is 0 Å². The number of hydrogen-bond donors (Lipinski definition) is 1. The lowest BCUT2D eigenvalue weighted by Gasteiger charge is -2.24. The van der Waals surface area contributed by atoms with Gasteiger partial charge < -0.3 is 10.2 Å². The highest BCUT2D eigenvalue weighted by Crippen LogP contribution is 2.30. The van der Waals surface area contributed by atoms with Crippen LogP contribution in [0.4, 0.5) is 5.82 Å². The van der Waals surface area contributed by atoms with Crippen molar-refractivity contribution in [1.82, 2.24) is 15.3 Å². The quantitative estimate of drug-likeness (QED) is 0.801. The summed E-state index contributed by atoms with van der Waals surface area (Å²) in [6, 6.07) is 0.611. The number of piperidine rings is 1. The van der Waals surface area contributed by atoms with Crippen molar-refractivity contribution in [2.24, 2.45) is 5.92 Å². The van der Waals surface area contributed by atoms with E-state index in [4.69, 9.17) is 11.6 Å². The fraction of sp³-hybridized carbons (Fsp3) is 0.636. The molecular formula is C11H15ClN4. The van der Waals surface area contributed by atoms with Crippen molar-refractivity contribution >= 4 is 17.4 Å². The second kappa shape index (κ2) is 4.18. The van der Waals surface area contributed by atoms with Crippen LogP contribution in [-0.2, 0) is 0 Å². The molecule has 5 heteroatoms. The first-order valence-electron chi connectivity index (χ1n) is 5.78. The third-order valence-electron chi connectivity index (χ3n) is 3.55. The van der Waals surface area contributed by atoms with E-state index in [-0.39, 0.29) is 0 Å². The number of rotatable bonds is 1. The first-order chi connectivity index (χ1) is 7.84. The molecule has 2 saturated heterocycles. The lowest BCUT2D eigenvalue weighted by molar-refractivity contribution is 0.340. The van der Waals surface area contributed by atoms with Gasteiger partial charge in [-0.15, -0.1) is 0 Å². The number of nitrogens with one attached hydrogen (secondary N) is 1. The predicted molar refractivity (Wildman–Crippen MR) is 63.8 cm³/mol. The maximum absolute atomic E-state index is 6.11. The maximum Gasteiger partial charge on any atom is 0.150 e. The molecule has 3 rings (SSSR count). The van der Waals surface area contributed by atoms with Gasteiger partial charge in [-0.1, -0.05) is 11.6 Å². The van der Waals surface area contributed by atoms with Crippen molar-refractivity contribution in [3.05, 3.63) is 17.5 Å². The van der Waals surface area contributed by atoms with E-state index in [1.54, 1.807) is 12.5 Å². The monoisotopic (exact) mass is 238 g/mol. The molecule has 2 aliphatic rings. The lowest BCUT2D eigenvalue weighted by Crippen LogP contribution is -2.40. The van der Waals surface area contributed by atoms with Crippen LogP contribution in [-0.4, -0.2) is 35.6 Å². The molecule has 0 aliphatic carbocycles. The third-order valence-corrected chi connectivity index (χ3v) is 3.81. The summed E-state index contributed by atoms with van der Waals surface area (Å²) in [4.78, 5) is 10.5. The van der Waals surface area contributed by atoms with Gasteiger partial charge in [-0.2, -0.15) is 0 Å². The van der Waals surface area contributed by atoms with Gasteiger partial charge in [-0.3, -0.25) is 0 Å². The Bertz CT molecular complexity index is 370. The minimum Gasteiger partial charge on any atom is -0.353 e. The predicted octanol–water partition coefficient (Wildman–Crippen LogP) is 1.32. The van der Waals surface area contributed by atoms with Crippen LogP contribution in [0.1, 0.15) is 12.8 Å². The summed E-state index contributed by atoms with van der Waals surface area (Å²) < 4.78 is 0. The molecule has 16 heavy (non-hydrogen) atoms. The Hall–Kier alpha value is -0.870. The summed E-state index contributed by atoms with van der Waals surface area (Å²) in [7, 11) is 0. The smallest absolute Gasteiger partial charge is 0.150 e. The molecule has 2 atom stereocenters. The average molecular weight is 239 g/mol. The molecular weight excluding hydrogens is 224 g/mol. The van der Waals surface area contributed by atoms with Crippen molar-refractivity contribution in [3.8, 4) is 0 Å². The van der Waals surface area contributed by atoms with Gasteiger partial charge in [0.25, 0.3) is 0 Å². The molecule has 2 aliphatic heterocycles. The SMILES string of the molecule is Clc1cncnc1N1CC2CCCNC2C1. The molecule has 1 aromatic rings. The normalized spacial score (nSPS) is 29.2. The Balaban J connectivity index is 1.80. The zero-order chi connectivity index (χ0) is 11.0. The third kappa shape index (κ3) is 1.76. The fourth-order valence-corrected chi connectivity index (χ4v) is 2.98. The minimum absolute atomic E-state index is 0.611. The Kier molecular flexibility index (Phi) is 2.69. The summed E-state index contributed by atoms with van der Waals surface area (Å²) in [6.07, 6.45) is 5.83. The van der Waals surface area contributed by atoms with Crippen molar-refractivity contribution in [2.75, 3.05) is 24.5 Å². The summed E-state index contributed by atoms with van der Waals surface area (Å²) in [5, 5.41) is 4.23. The lowest BCUT2D eigenvalue weighted by atomic mass is 9.94. The van der Waals surface area contributed by atoms with E-state index < -0.39 is 0 Å². The molecule has 0 aromatic carbocycles. The van der Waals surface area contributed by atoms with Gasteiger partial charge in [0.2, 0.25) is 0 Å². The standard InChI is InChI=1S/C11H15ClN4/c12-9-4-13-7-15-11(9)16-5-8-2-1-3-14-10(8)6-16/h4,7-8,10,14H,1-3,5-6H2. The average Bonchev–Trinajstić information content (AvgIpc) is 2.73. The van der Waals surface area contributed by atoms with E-state index >= 15 is 0 Å². The molecule has 2 fully saturated rings. The molecule has 1 aromatic heterocycles. The number of halogens is 1. The highest BCUT2D eigenvalue weighted by Gasteiger charge is 2.35. The van der Waals surface area contributed by atoms with Gasteiger partial charge in [0.05, 0.1) is 6.20 Å². The highest BCUT2D eigenvalue weighted by molar-refractivity contribution is 6.32. The summed E-state index contributed by atoms with van der Waals surface area (Å²) in [5.74, 6) is 1.63. The molecule has 4 nitrogen and oxygen atoms in total. The second-order valence-electron chi connectivity index (χ2n) is 4.56. The molecule has 1 N–H and O–H groups in total. The van der Waals surface area contributed by atoms with Crippen LogP contribution >= 0.6 is 11.6 Å². The van der Waals surface area contributed by atoms with E-state index in [1.165, 1.54) is 12.8 Å². The van der Waals surface area contributed by atoms with Crippen LogP contribution < -0.4 is 10.2 Å². The molecule has 0 spiro atoms. The Morgan fingerprint density at radius 1 is 1.44 bits per heavy atom. The van der Waals surface area contributed by atoms with Crippen LogP contribution in [0, 0.1) is 5.92 Å². The van der Waals surface area contributed by atoms with E-state index in [2.05, 4.69) is 20.2 Å². The molecule has 0 saturated carbocycles. The van der Waals surface area contributed by atoms with Gasteiger partial charge in [-0.25, -0.2) is 9.97 Å².